The van der Waals surface area contributed by atoms with Crippen LogP contribution >= 0.6 is 11.6 Å². The second kappa shape index (κ2) is 5.32. The highest BCUT2D eigenvalue weighted by atomic mass is 35.5. The number of nitrogens with zero attached hydrogens (tertiary/aromatic N) is 3. The molecule has 80 valence electrons. The quantitative estimate of drug-likeness (QED) is 0.704. The van der Waals surface area contributed by atoms with Gasteiger partial charge < -0.3 is 4.74 Å². The molecule has 14 heavy (non-hydrogen) atoms. The molecule has 0 saturated carbocycles. The maximum absolute atomic E-state index is 5.70. The summed E-state index contributed by atoms with van der Waals surface area (Å²) in [5.74, 6) is 0.855. The Balaban J connectivity index is 2.62. The molecular weight excluding hydrogens is 202 g/mol. The summed E-state index contributed by atoms with van der Waals surface area (Å²) >= 11 is 5.70. The molecule has 0 aliphatic heterocycles. The number of aromatic nitrogens is 3. The van der Waals surface area contributed by atoms with E-state index in [2.05, 4.69) is 17.2 Å². The van der Waals surface area contributed by atoms with Crippen molar-refractivity contribution in [2.75, 3.05) is 13.7 Å². The Labute approximate surface area is 89.2 Å². The predicted molar refractivity (Wildman–Crippen MR) is 55.4 cm³/mol. The Morgan fingerprint density at radius 2 is 2.29 bits per heavy atom. The number of methoxy groups -OCH3 is 1. The highest BCUT2D eigenvalue weighted by Gasteiger charge is 2.10. The largest absolute Gasteiger partial charge is 0.384 e. The number of alkyl halides is 1. The van der Waals surface area contributed by atoms with Crippen LogP contribution in [0, 0.1) is 12.8 Å². The molecule has 1 heterocycles. The van der Waals surface area contributed by atoms with Crippen LogP contribution in [0.15, 0.2) is 0 Å². The van der Waals surface area contributed by atoms with Gasteiger partial charge >= 0.3 is 0 Å². The van der Waals surface area contributed by atoms with Crippen molar-refractivity contribution in [3.63, 3.8) is 0 Å². The third kappa shape index (κ3) is 2.69. The zero-order chi connectivity index (χ0) is 10.6. The first kappa shape index (κ1) is 11.5. The average molecular weight is 218 g/mol. The van der Waals surface area contributed by atoms with Crippen LogP contribution in [0.25, 0.3) is 0 Å². The van der Waals surface area contributed by atoms with Crippen molar-refractivity contribution in [3.8, 4) is 0 Å². The van der Waals surface area contributed by atoms with Gasteiger partial charge in [-0.15, -0.1) is 16.7 Å². The Bertz CT molecular complexity index is 288. The van der Waals surface area contributed by atoms with Gasteiger partial charge in [0.15, 0.2) is 0 Å². The van der Waals surface area contributed by atoms with Crippen molar-refractivity contribution < 1.29 is 4.74 Å². The van der Waals surface area contributed by atoms with Crippen LogP contribution in [0.4, 0.5) is 0 Å². The molecule has 5 heteroatoms. The highest BCUT2D eigenvalue weighted by Crippen LogP contribution is 2.09. The van der Waals surface area contributed by atoms with Crippen molar-refractivity contribution >= 4 is 11.6 Å². The first-order valence-corrected chi connectivity index (χ1v) is 5.16. The molecule has 1 rings (SSSR count). The summed E-state index contributed by atoms with van der Waals surface area (Å²) in [5.41, 5.74) is 1.90. The molecule has 0 saturated heterocycles. The zero-order valence-corrected chi connectivity index (χ0v) is 9.58. The molecule has 1 aromatic heterocycles. The van der Waals surface area contributed by atoms with E-state index in [1.807, 2.05) is 11.6 Å². The van der Waals surface area contributed by atoms with Crippen molar-refractivity contribution in [1.82, 2.24) is 15.0 Å². The zero-order valence-electron chi connectivity index (χ0n) is 8.83. The number of ether oxygens (including phenoxy) is 1. The molecule has 0 radical (unpaired) electrons. The fraction of sp³-hybridized carbons (Fsp3) is 0.778. The maximum Gasteiger partial charge on any atom is 0.100 e. The lowest BCUT2D eigenvalue weighted by Gasteiger charge is -2.10. The maximum atomic E-state index is 5.70. The normalized spacial score (nSPS) is 13.1. The van der Waals surface area contributed by atoms with Gasteiger partial charge in [-0.2, -0.15) is 0 Å². The molecular formula is C9H16ClN3O. The third-order valence-electron chi connectivity index (χ3n) is 2.14. The van der Waals surface area contributed by atoms with E-state index in [-0.39, 0.29) is 0 Å². The average Bonchev–Trinajstić information content (AvgIpc) is 2.48. The predicted octanol–water partition coefficient (Wildman–Crippen LogP) is 1.61. The summed E-state index contributed by atoms with van der Waals surface area (Å²) in [5, 5.41) is 8.02. The Morgan fingerprint density at radius 3 is 2.79 bits per heavy atom. The molecule has 4 nitrogen and oxygen atoms in total. The van der Waals surface area contributed by atoms with E-state index in [1.165, 1.54) is 0 Å². The number of halogens is 1. The molecule has 0 fully saturated rings. The van der Waals surface area contributed by atoms with Crippen LogP contribution in [0.2, 0.25) is 0 Å². The van der Waals surface area contributed by atoms with Crippen LogP contribution < -0.4 is 0 Å². The van der Waals surface area contributed by atoms with Crippen molar-refractivity contribution in [2.45, 2.75) is 26.3 Å². The lowest BCUT2D eigenvalue weighted by Crippen LogP contribution is -2.14. The molecule has 0 spiro atoms. The summed E-state index contributed by atoms with van der Waals surface area (Å²) in [6, 6.07) is 0. The first-order valence-electron chi connectivity index (χ1n) is 4.63. The van der Waals surface area contributed by atoms with Crippen molar-refractivity contribution in [3.05, 3.63) is 11.4 Å². The second-order valence-electron chi connectivity index (χ2n) is 3.50. The minimum atomic E-state index is 0.421. The fourth-order valence-corrected chi connectivity index (χ4v) is 1.57. The van der Waals surface area contributed by atoms with Gasteiger partial charge in [-0.3, -0.25) is 0 Å². The van der Waals surface area contributed by atoms with E-state index < -0.39 is 0 Å². The van der Waals surface area contributed by atoms with E-state index in [1.54, 1.807) is 7.11 Å². The molecule has 0 aromatic carbocycles. The van der Waals surface area contributed by atoms with Gasteiger partial charge in [-0.25, -0.2) is 4.68 Å². The Morgan fingerprint density at radius 1 is 1.57 bits per heavy atom. The van der Waals surface area contributed by atoms with Gasteiger partial charge in [-0.05, 0) is 12.8 Å². The fourth-order valence-electron chi connectivity index (χ4n) is 1.33. The van der Waals surface area contributed by atoms with Gasteiger partial charge in [-0.1, -0.05) is 12.1 Å². The van der Waals surface area contributed by atoms with Crippen LogP contribution in [-0.4, -0.2) is 28.7 Å². The second-order valence-corrected chi connectivity index (χ2v) is 3.77. The summed E-state index contributed by atoms with van der Waals surface area (Å²) < 4.78 is 6.94. The van der Waals surface area contributed by atoms with E-state index in [4.69, 9.17) is 16.3 Å². The molecule has 0 aliphatic rings. The topological polar surface area (TPSA) is 39.9 Å². The summed E-state index contributed by atoms with van der Waals surface area (Å²) in [6.45, 7) is 5.65. The highest BCUT2D eigenvalue weighted by molar-refractivity contribution is 6.16. The van der Waals surface area contributed by atoms with Crippen molar-refractivity contribution in [1.29, 1.82) is 0 Å². The van der Waals surface area contributed by atoms with Crippen LogP contribution in [0.3, 0.4) is 0 Å². The molecule has 0 aliphatic carbocycles. The van der Waals surface area contributed by atoms with Gasteiger partial charge in [0.25, 0.3) is 0 Å². The van der Waals surface area contributed by atoms with Gasteiger partial charge in [0.05, 0.1) is 18.2 Å². The Hall–Kier alpha value is -0.610. The van der Waals surface area contributed by atoms with Crippen LogP contribution in [0.1, 0.15) is 18.3 Å². The Kier molecular flexibility index (Phi) is 4.35. The molecule has 1 atom stereocenters. The van der Waals surface area contributed by atoms with Crippen molar-refractivity contribution in [2.24, 2.45) is 5.92 Å². The van der Waals surface area contributed by atoms with Gasteiger partial charge in [0.2, 0.25) is 0 Å². The summed E-state index contributed by atoms with van der Waals surface area (Å²) in [7, 11) is 1.70. The minimum absolute atomic E-state index is 0.421. The summed E-state index contributed by atoms with van der Waals surface area (Å²) in [4.78, 5) is 0. The van der Waals surface area contributed by atoms with Crippen LogP contribution in [0.5, 0.6) is 0 Å². The van der Waals surface area contributed by atoms with E-state index in [0.29, 0.717) is 11.8 Å². The molecule has 1 unspecified atom stereocenters. The van der Waals surface area contributed by atoms with E-state index in [9.17, 15) is 0 Å². The standard InChI is InChI=1S/C9H16ClN3O/c1-7(6-14-3)5-13-8(2)9(4-10)11-12-13/h7H,4-6H2,1-3H3. The number of hydrogen-bond donors (Lipinski definition) is 0. The van der Waals surface area contributed by atoms with Gasteiger partial charge in [0.1, 0.15) is 5.69 Å². The summed E-state index contributed by atoms with van der Waals surface area (Å²) in [6.07, 6.45) is 0. The molecule has 1 aromatic rings. The lowest BCUT2D eigenvalue weighted by atomic mass is 10.2. The lowest BCUT2D eigenvalue weighted by molar-refractivity contribution is 0.148. The molecule has 0 amide bonds. The van der Waals surface area contributed by atoms with Gasteiger partial charge in [0, 0.05) is 13.7 Å². The molecule has 0 N–H and O–H groups in total. The third-order valence-corrected chi connectivity index (χ3v) is 2.39. The van der Waals surface area contributed by atoms with E-state index >= 15 is 0 Å². The smallest absolute Gasteiger partial charge is 0.100 e. The number of rotatable bonds is 5. The van der Waals surface area contributed by atoms with Crippen LogP contribution in [-0.2, 0) is 17.2 Å². The molecule has 0 bridgehead atoms. The first-order chi connectivity index (χ1) is 6.69. The minimum Gasteiger partial charge on any atom is -0.384 e. The number of hydrogen-bond acceptors (Lipinski definition) is 3. The SMILES string of the molecule is COCC(C)Cn1nnc(CCl)c1C. The van der Waals surface area contributed by atoms with E-state index in [0.717, 1.165) is 24.5 Å². The monoisotopic (exact) mass is 217 g/mol.